The van der Waals surface area contributed by atoms with Crippen LogP contribution in [-0.4, -0.2) is 30.9 Å². The maximum absolute atomic E-state index is 11.2. The Morgan fingerprint density at radius 1 is 0.541 bits per heavy atom. The van der Waals surface area contributed by atoms with Crippen molar-refractivity contribution in [1.29, 1.82) is 0 Å². The van der Waals surface area contributed by atoms with Crippen LogP contribution in [0.5, 0.6) is 11.5 Å². The number of phenolic OH excluding ortho intramolecular Hbond substituents is 2. The Labute approximate surface area is 212 Å². The first-order valence-corrected chi connectivity index (χ1v) is 11.9. The smallest absolute Gasteiger partial charge is 0.134 e. The van der Waals surface area contributed by atoms with Gasteiger partial charge in [0, 0.05) is 33.6 Å². The molecule has 2 aliphatic heterocycles. The zero-order valence-corrected chi connectivity index (χ0v) is 19.6. The average Bonchev–Trinajstić information content (AvgIpc) is 3.59. The van der Waals surface area contributed by atoms with Crippen LogP contribution in [0.3, 0.4) is 0 Å². The SMILES string of the molecule is Oc1c2cccc1-c1cccc(n1)-c1cccc(n1)-c1cccc(c1O)-c1ccc([nH]1)C=C1C=CC2=N1. The van der Waals surface area contributed by atoms with Crippen LogP contribution >= 0.6 is 0 Å². The van der Waals surface area contributed by atoms with E-state index in [0.717, 1.165) is 17.1 Å². The molecule has 0 spiro atoms. The van der Waals surface area contributed by atoms with Crippen LogP contribution in [0, 0.1) is 0 Å². The number of H-pyrrole nitrogens is 1. The maximum Gasteiger partial charge on any atom is 0.134 e. The summed E-state index contributed by atoms with van der Waals surface area (Å²) in [5.41, 5.74) is 8.20. The lowest BCUT2D eigenvalue weighted by atomic mass is 10.0. The van der Waals surface area contributed by atoms with Crippen LogP contribution in [0.15, 0.2) is 108 Å². The minimum Gasteiger partial charge on any atom is -0.507 e. The molecule has 0 amide bonds. The van der Waals surface area contributed by atoms with Gasteiger partial charge in [0.05, 0.1) is 34.2 Å². The molecular formula is C31H20N4O2. The third-order valence-electron chi connectivity index (χ3n) is 6.62. The normalized spacial score (nSPS) is 13.3. The molecule has 12 bridgehead atoms. The number of pyridine rings is 2. The zero-order chi connectivity index (χ0) is 24.9. The largest absolute Gasteiger partial charge is 0.507 e. The molecule has 0 saturated heterocycles. The van der Waals surface area contributed by atoms with Crippen molar-refractivity contribution in [3.8, 4) is 56.7 Å². The molecule has 0 unspecified atom stereocenters. The quantitative estimate of drug-likeness (QED) is 0.233. The number of nitrogens with one attached hydrogen (secondary N) is 1. The standard InChI is InChI=1S/C31H20N4O2/c36-30-20-5-1-7-22(30)26-15-13-18(32-26)17-19-14-16-27(33-19)23-8-2-6-21(31(23)37)25-10-4-12-29(35-25)28-11-3-9-24(20)34-28/h1-17,32,36-37H. The van der Waals surface area contributed by atoms with Gasteiger partial charge >= 0.3 is 0 Å². The van der Waals surface area contributed by atoms with Gasteiger partial charge in [0.1, 0.15) is 11.5 Å². The van der Waals surface area contributed by atoms with Gasteiger partial charge < -0.3 is 15.2 Å². The number of aromatic amines is 1. The highest BCUT2D eigenvalue weighted by Gasteiger charge is 2.18. The third-order valence-corrected chi connectivity index (χ3v) is 6.62. The fourth-order valence-electron chi connectivity index (χ4n) is 4.80. The summed E-state index contributed by atoms with van der Waals surface area (Å²) < 4.78 is 0. The average molecular weight is 481 g/mol. The van der Waals surface area contributed by atoms with Gasteiger partial charge in [0.25, 0.3) is 0 Å². The summed E-state index contributed by atoms with van der Waals surface area (Å²) in [6.07, 6.45) is 5.73. The number of nitrogens with zero attached hydrogens (tertiary/aromatic N) is 3. The van der Waals surface area contributed by atoms with Crippen molar-refractivity contribution >= 4 is 11.8 Å². The van der Waals surface area contributed by atoms with E-state index in [4.69, 9.17) is 15.0 Å². The molecule has 0 fully saturated rings. The van der Waals surface area contributed by atoms with Crippen molar-refractivity contribution in [2.75, 3.05) is 0 Å². The summed E-state index contributed by atoms with van der Waals surface area (Å²) in [4.78, 5) is 17.8. The van der Waals surface area contributed by atoms with Crippen molar-refractivity contribution in [2.45, 2.75) is 0 Å². The molecule has 5 heterocycles. The molecule has 2 aliphatic rings. The predicted molar refractivity (Wildman–Crippen MR) is 145 cm³/mol. The molecule has 176 valence electrons. The Hall–Kier alpha value is -5.23. The number of hydrogen-bond acceptors (Lipinski definition) is 5. The number of fused-ring (bicyclic) bond motifs is 16. The fourth-order valence-corrected chi connectivity index (χ4v) is 4.80. The van der Waals surface area contributed by atoms with Crippen molar-refractivity contribution in [1.82, 2.24) is 15.0 Å². The van der Waals surface area contributed by atoms with E-state index in [1.807, 2.05) is 103 Å². The molecule has 6 heteroatoms. The molecule has 0 atom stereocenters. The summed E-state index contributed by atoms with van der Waals surface area (Å²) in [5.74, 6) is 0.273. The lowest BCUT2D eigenvalue weighted by molar-refractivity contribution is 0.476. The number of rotatable bonds is 0. The van der Waals surface area contributed by atoms with Crippen molar-refractivity contribution in [3.63, 3.8) is 0 Å². The molecule has 7 rings (SSSR count). The molecule has 2 aromatic carbocycles. The lowest BCUT2D eigenvalue weighted by Crippen LogP contribution is -1.97. The predicted octanol–water partition coefficient (Wildman–Crippen LogP) is 6.60. The summed E-state index contributed by atoms with van der Waals surface area (Å²) in [6, 6.07) is 26.4. The fraction of sp³-hybridized carbons (Fsp3) is 0. The van der Waals surface area contributed by atoms with Gasteiger partial charge in [0.15, 0.2) is 0 Å². The summed E-state index contributed by atoms with van der Waals surface area (Å²) in [5, 5.41) is 22.5. The van der Waals surface area contributed by atoms with Crippen LogP contribution in [0.25, 0.3) is 51.2 Å². The molecule has 3 aromatic heterocycles. The molecule has 3 N–H and O–H groups in total. The van der Waals surface area contributed by atoms with Gasteiger partial charge in [-0.05, 0) is 78.9 Å². The van der Waals surface area contributed by atoms with Crippen LogP contribution in [0.4, 0.5) is 0 Å². The summed E-state index contributed by atoms with van der Waals surface area (Å²) >= 11 is 0. The number of allylic oxidation sites excluding steroid dienone is 2. The van der Waals surface area contributed by atoms with Gasteiger partial charge in [-0.1, -0.05) is 24.3 Å². The number of aromatic nitrogens is 3. The minimum atomic E-state index is 0.125. The Bertz CT molecular complexity index is 1810. The van der Waals surface area contributed by atoms with E-state index < -0.39 is 0 Å². The molecule has 5 aromatic rings. The maximum atomic E-state index is 11.2. The monoisotopic (exact) mass is 480 g/mol. The van der Waals surface area contributed by atoms with E-state index in [1.165, 1.54) is 0 Å². The van der Waals surface area contributed by atoms with Crippen molar-refractivity contribution in [2.24, 2.45) is 4.99 Å². The van der Waals surface area contributed by atoms with E-state index >= 15 is 0 Å². The number of para-hydroxylation sites is 2. The first-order valence-electron chi connectivity index (χ1n) is 11.9. The molecular weight excluding hydrogens is 460 g/mol. The van der Waals surface area contributed by atoms with Crippen molar-refractivity contribution < 1.29 is 10.2 Å². The Balaban J connectivity index is 1.50. The van der Waals surface area contributed by atoms with E-state index in [9.17, 15) is 10.2 Å². The van der Waals surface area contributed by atoms with E-state index in [-0.39, 0.29) is 11.5 Å². The van der Waals surface area contributed by atoms with Gasteiger partial charge in [-0.25, -0.2) is 15.0 Å². The van der Waals surface area contributed by atoms with E-state index in [1.54, 1.807) is 0 Å². The first kappa shape index (κ1) is 21.1. The topological polar surface area (TPSA) is 94.4 Å². The first-order chi connectivity index (χ1) is 18.1. The highest BCUT2D eigenvalue weighted by atomic mass is 16.3. The molecule has 0 aliphatic carbocycles. The summed E-state index contributed by atoms with van der Waals surface area (Å²) in [7, 11) is 0. The second-order valence-electron chi connectivity index (χ2n) is 8.95. The number of aromatic hydroxyl groups is 2. The van der Waals surface area contributed by atoms with Crippen LogP contribution in [-0.2, 0) is 0 Å². The molecule has 0 saturated carbocycles. The minimum absolute atomic E-state index is 0.125. The zero-order valence-electron chi connectivity index (χ0n) is 19.6. The molecule has 6 nitrogen and oxygen atoms in total. The second-order valence-corrected chi connectivity index (χ2v) is 8.95. The van der Waals surface area contributed by atoms with Gasteiger partial charge in [-0.2, -0.15) is 0 Å². The van der Waals surface area contributed by atoms with Crippen LogP contribution < -0.4 is 0 Å². The highest BCUT2D eigenvalue weighted by molar-refractivity contribution is 6.14. The molecule has 0 radical (unpaired) electrons. The summed E-state index contributed by atoms with van der Waals surface area (Å²) in [6.45, 7) is 0. The van der Waals surface area contributed by atoms with Gasteiger partial charge in [0.2, 0.25) is 0 Å². The van der Waals surface area contributed by atoms with Gasteiger partial charge in [-0.15, -0.1) is 0 Å². The third kappa shape index (κ3) is 3.54. The Kier molecular flexibility index (Phi) is 4.66. The second kappa shape index (κ2) is 8.17. The van der Waals surface area contributed by atoms with Crippen LogP contribution in [0.1, 0.15) is 11.3 Å². The number of aliphatic imine (C=N–C) groups is 1. The Morgan fingerprint density at radius 3 is 1.81 bits per heavy atom. The van der Waals surface area contributed by atoms with Gasteiger partial charge in [-0.3, -0.25) is 0 Å². The number of benzene rings is 2. The molecule has 37 heavy (non-hydrogen) atoms. The lowest BCUT2D eigenvalue weighted by Gasteiger charge is -2.11. The number of phenols is 2. The number of hydrogen-bond donors (Lipinski definition) is 3. The van der Waals surface area contributed by atoms with E-state index in [2.05, 4.69) is 4.98 Å². The highest BCUT2D eigenvalue weighted by Crippen LogP contribution is 2.38. The van der Waals surface area contributed by atoms with Crippen molar-refractivity contribution in [3.05, 3.63) is 114 Å². The Morgan fingerprint density at radius 2 is 1.11 bits per heavy atom. The van der Waals surface area contributed by atoms with E-state index in [0.29, 0.717) is 50.7 Å². The van der Waals surface area contributed by atoms with Crippen LogP contribution in [0.2, 0.25) is 0 Å².